The van der Waals surface area contributed by atoms with Crippen LogP contribution in [0.25, 0.3) is 0 Å². The van der Waals surface area contributed by atoms with Crippen molar-refractivity contribution in [3.63, 3.8) is 0 Å². The van der Waals surface area contributed by atoms with Crippen molar-refractivity contribution in [3.8, 4) is 5.75 Å². The van der Waals surface area contributed by atoms with Crippen molar-refractivity contribution in [2.75, 3.05) is 13.1 Å². The smallest absolute Gasteiger partial charge is 0.242 e. The molecule has 23 heavy (non-hydrogen) atoms. The van der Waals surface area contributed by atoms with Crippen molar-refractivity contribution in [1.82, 2.24) is 5.32 Å². The van der Waals surface area contributed by atoms with Gasteiger partial charge in [-0.3, -0.25) is 4.99 Å². The molecular formula is C19H32N2OSi. The second kappa shape index (κ2) is 6.31. The van der Waals surface area contributed by atoms with Crippen molar-refractivity contribution in [2.24, 2.45) is 4.99 Å². The molecule has 1 N–H and O–H groups in total. The van der Waals surface area contributed by atoms with E-state index >= 15 is 0 Å². The van der Waals surface area contributed by atoms with Gasteiger partial charge < -0.3 is 9.74 Å². The van der Waals surface area contributed by atoms with Crippen molar-refractivity contribution < 1.29 is 4.43 Å². The molecular weight excluding hydrogens is 300 g/mol. The molecule has 0 saturated carbocycles. The van der Waals surface area contributed by atoms with E-state index in [1.165, 1.54) is 22.3 Å². The molecule has 0 saturated heterocycles. The first-order chi connectivity index (χ1) is 10.5. The Kier molecular flexibility index (Phi) is 4.95. The summed E-state index contributed by atoms with van der Waals surface area (Å²) in [5, 5.41) is 3.39. The molecule has 2 rings (SSSR count). The number of rotatable bonds is 4. The molecule has 4 heteroatoms. The molecule has 0 bridgehead atoms. The summed E-state index contributed by atoms with van der Waals surface area (Å²) in [4.78, 5) is 4.56. The summed E-state index contributed by atoms with van der Waals surface area (Å²) in [6, 6.07) is 2.33. The summed E-state index contributed by atoms with van der Waals surface area (Å²) in [6.07, 6.45) is 0.879. The number of aliphatic imine (C=N–C) groups is 1. The van der Waals surface area contributed by atoms with Gasteiger partial charge in [0.15, 0.2) is 0 Å². The second-order valence-electron chi connectivity index (χ2n) is 8.57. The summed E-state index contributed by atoms with van der Waals surface area (Å²) < 4.78 is 6.53. The second-order valence-corrected chi connectivity index (χ2v) is 13.0. The van der Waals surface area contributed by atoms with Gasteiger partial charge in [0.05, 0.1) is 6.54 Å². The molecule has 0 aromatic heterocycles. The first-order valence-corrected chi connectivity index (χ1v) is 12.0. The third kappa shape index (κ3) is 4.37. The van der Waals surface area contributed by atoms with Gasteiger partial charge in [0.1, 0.15) is 11.6 Å². The van der Waals surface area contributed by atoms with Crippen molar-refractivity contribution in [3.05, 3.63) is 28.3 Å². The number of hydrogen-bond donors (Lipinski definition) is 1. The van der Waals surface area contributed by atoms with Gasteiger partial charge in [-0.1, -0.05) is 26.8 Å². The number of benzene rings is 1. The standard InChI is InChI=1S/C19H32N2OSi/c1-13-11-16(19(3,4)5)18(22-23(6,7)8)14(2)15(13)12-17-20-9-10-21-17/h11H,9-10,12H2,1-8H3,(H,20,21). The van der Waals surface area contributed by atoms with Crippen molar-refractivity contribution in [1.29, 1.82) is 0 Å². The lowest BCUT2D eigenvalue weighted by Gasteiger charge is -2.31. The monoisotopic (exact) mass is 332 g/mol. The van der Waals surface area contributed by atoms with Gasteiger partial charge in [-0.05, 0) is 61.2 Å². The third-order valence-corrected chi connectivity index (χ3v) is 5.00. The molecule has 1 aliphatic rings. The maximum Gasteiger partial charge on any atom is 0.242 e. The molecule has 0 amide bonds. The van der Waals surface area contributed by atoms with E-state index in [9.17, 15) is 0 Å². The zero-order valence-corrected chi connectivity index (χ0v) is 17.1. The predicted molar refractivity (Wildman–Crippen MR) is 103 cm³/mol. The third-order valence-electron chi connectivity index (χ3n) is 4.18. The van der Waals surface area contributed by atoms with E-state index in [1.807, 2.05) is 0 Å². The van der Waals surface area contributed by atoms with Crippen LogP contribution in [-0.4, -0.2) is 27.2 Å². The SMILES string of the molecule is Cc1cc(C(C)(C)C)c(O[Si](C)(C)C)c(C)c1CC1=NCCN1. The number of nitrogens with one attached hydrogen (secondary N) is 1. The Hall–Kier alpha value is -1.29. The fraction of sp³-hybridized carbons (Fsp3) is 0.632. The van der Waals surface area contributed by atoms with Crippen LogP contribution in [0.1, 0.15) is 43.0 Å². The van der Waals surface area contributed by atoms with Crippen LogP contribution in [0.3, 0.4) is 0 Å². The minimum atomic E-state index is -1.67. The van der Waals surface area contributed by atoms with Crippen LogP contribution in [-0.2, 0) is 11.8 Å². The Bertz CT molecular complexity index is 622. The maximum atomic E-state index is 6.53. The van der Waals surface area contributed by atoms with Gasteiger partial charge in [0.2, 0.25) is 8.32 Å². The van der Waals surface area contributed by atoms with Crippen molar-refractivity contribution >= 4 is 14.2 Å². The summed E-state index contributed by atoms with van der Waals surface area (Å²) in [7, 11) is -1.67. The first kappa shape index (κ1) is 18.1. The van der Waals surface area contributed by atoms with Gasteiger partial charge in [0.25, 0.3) is 0 Å². The largest absolute Gasteiger partial charge is 0.544 e. The van der Waals surface area contributed by atoms with E-state index in [-0.39, 0.29) is 5.41 Å². The fourth-order valence-electron chi connectivity index (χ4n) is 3.00. The Balaban J connectivity index is 2.54. The average molecular weight is 333 g/mol. The van der Waals surface area contributed by atoms with E-state index < -0.39 is 8.32 Å². The molecule has 1 aliphatic heterocycles. The molecule has 1 aromatic rings. The predicted octanol–water partition coefficient (Wildman–Crippen LogP) is 4.36. The van der Waals surface area contributed by atoms with Crippen LogP contribution < -0.4 is 9.74 Å². The summed E-state index contributed by atoms with van der Waals surface area (Å²) in [5.41, 5.74) is 5.38. The molecule has 0 radical (unpaired) electrons. The van der Waals surface area contributed by atoms with E-state index in [4.69, 9.17) is 4.43 Å². The maximum absolute atomic E-state index is 6.53. The van der Waals surface area contributed by atoms with E-state index in [1.54, 1.807) is 0 Å². The highest BCUT2D eigenvalue weighted by Gasteiger charge is 2.27. The van der Waals surface area contributed by atoms with Crippen LogP contribution in [0.5, 0.6) is 5.75 Å². The quantitative estimate of drug-likeness (QED) is 0.831. The summed E-state index contributed by atoms with van der Waals surface area (Å²) in [5.74, 6) is 2.22. The van der Waals surface area contributed by atoms with Crippen molar-refractivity contribution in [2.45, 2.75) is 66.1 Å². The number of aryl methyl sites for hydroxylation is 1. The zero-order valence-electron chi connectivity index (χ0n) is 16.1. The van der Waals surface area contributed by atoms with Crippen LogP contribution in [0, 0.1) is 13.8 Å². The molecule has 0 atom stereocenters. The molecule has 3 nitrogen and oxygen atoms in total. The number of amidine groups is 1. The summed E-state index contributed by atoms with van der Waals surface area (Å²) >= 11 is 0. The number of nitrogens with zero attached hydrogens (tertiary/aromatic N) is 1. The Morgan fingerprint density at radius 2 is 1.87 bits per heavy atom. The van der Waals surface area contributed by atoms with Crippen LogP contribution in [0.15, 0.2) is 11.1 Å². The summed E-state index contributed by atoms with van der Waals surface area (Å²) in [6.45, 7) is 19.8. The Morgan fingerprint density at radius 3 is 2.35 bits per heavy atom. The lowest BCUT2D eigenvalue weighted by atomic mass is 9.82. The minimum Gasteiger partial charge on any atom is -0.544 e. The first-order valence-electron chi connectivity index (χ1n) is 8.59. The molecule has 1 heterocycles. The Morgan fingerprint density at radius 1 is 1.22 bits per heavy atom. The minimum absolute atomic E-state index is 0.0756. The van der Waals surface area contributed by atoms with Crippen LogP contribution >= 0.6 is 0 Å². The molecule has 0 aliphatic carbocycles. The fourth-order valence-corrected chi connectivity index (χ4v) is 3.88. The Labute approximate surface area is 142 Å². The van der Waals surface area contributed by atoms with E-state index in [0.29, 0.717) is 0 Å². The topological polar surface area (TPSA) is 33.6 Å². The lowest BCUT2D eigenvalue weighted by molar-refractivity contribution is 0.503. The molecule has 0 unspecified atom stereocenters. The molecule has 0 fully saturated rings. The van der Waals surface area contributed by atoms with E-state index in [2.05, 4.69) is 70.6 Å². The lowest BCUT2D eigenvalue weighted by Crippen LogP contribution is -2.32. The molecule has 1 aromatic carbocycles. The van der Waals surface area contributed by atoms with Gasteiger partial charge in [-0.2, -0.15) is 0 Å². The number of hydrogen-bond acceptors (Lipinski definition) is 3. The van der Waals surface area contributed by atoms with Crippen LogP contribution in [0.2, 0.25) is 19.6 Å². The van der Waals surface area contributed by atoms with E-state index in [0.717, 1.165) is 31.1 Å². The van der Waals surface area contributed by atoms with Gasteiger partial charge in [0, 0.05) is 13.0 Å². The normalized spacial score (nSPS) is 15.4. The highest BCUT2D eigenvalue weighted by Crippen LogP contribution is 2.38. The highest BCUT2D eigenvalue weighted by molar-refractivity contribution is 6.70. The molecule has 0 spiro atoms. The van der Waals surface area contributed by atoms with Gasteiger partial charge in [-0.25, -0.2) is 0 Å². The average Bonchev–Trinajstić information content (AvgIpc) is 2.88. The molecule has 128 valence electrons. The van der Waals surface area contributed by atoms with Crippen LogP contribution in [0.4, 0.5) is 0 Å². The highest BCUT2D eigenvalue weighted by atomic mass is 28.4. The van der Waals surface area contributed by atoms with Gasteiger partial charge >= 0.3 is 0 Å². The van der Waals surface area contributed by atoms with Gasteiger partial charge in [-0.15, -0.1) is 0 Å². The zero-order chi connectivity index (χ0) is 17.4.